The van der Waals surface area contributed by atoms with E-state index in [9.17, 15) is 13.2 Å². The number of carbonyl (C=O) groups is 1. The lowest BCUT2D eigenvalue weighted by atomic mass is 10.3. The number of sulfonamides is 1. The minimum Gasteiger partial charge on any atom is -0.493 e. The molecule has 0 spiro atoms. The molecule has 1 amide bonds. The largest absolute Gasteiger partial charge is 0.493 e. The Balaban J connectivity index is 2.02. The summed E-state index contributed by atoms with van der Waals surface area (Å²) in [7, 11) is 1.08. The monoisotopic (exact) mass is 357 g/mol. The van der Waals surface area contributed by atoms with Crippen molar-refractivity contribution in [3.8, 4) is 11.5 Å². The molecule has 1 aromatic carbocycles. The maximum absolute atomic E-state index is 12.4. The summed E-state index contributed by atoms with van der Waals surface area (Å²) in [4.78, 5) is 15.9. The highest BCUT2D eigenvalue weighted by atomic mass is 32.2. The summed E-state index contributed by atoms with van der Waals surface area (Å²) in [6.45, 7) is 2.52. The van der Waals surface area contributed by atoms with E-state index in [1.165, 1.54) is 32.4 Å². The van der Waals surface area contributed by atoms with Crippen LogP contribution >= 0.6 is 0 Å². The number of benzene rings is 1. The number of carbonyl (C=O) groups excluding carboxylic acids is 1. The van der Waals surface area contributed by atoms with Gasteiger partial charge in [-0.2, -0.15) is 0 Å². The molecule has 134 valence electrons. The number of hydrogen-bond donors (Lipinski definition) is 1. The average molecular weight is 357 g/mol. The molecule has 1 saturated heterocycles. The van der Waals surface area contributed by atoms with E-state index < -0.39 is 10.0 Å². The van der Waals surface area contributed by atoms with Crippen LogP contribution in [0.5, 0.6) is 11.5 Å². The second-order valence-corrected chi connectivity index (χ2v) is 7.29. The van der Waals surface area contributed by atoms with Crippen LogP contribution in [0.2, 0.25) is 0 Å². The molecule has 0 atom stereocenters. The smallest absolute Gasteiger partial charge is 0.241 e. The Morgan fingerprint density at radius 3 is 2.33 bits per heavy atom. The molecular formula is C15H23N3O5S. The molecule has 8 nitrogen and oxygen atoms in total. The van der Waals surface area contributed by atoms with Crippen LogP contribution in [0.3, 0.4) is 0 Å². The van der Waals surface area contributed by atoms with Gasteiger partial charge in [-0.1, -0.05) is 0 Å². The Morgan fingerprint density at radius 1 is 1.12 bits per heavy atom. The van der Waals surface area contributed by atoms with Crippen molar-refractivity contribution in [2.45, 2.75) is 4.90 Å². The standard InChI is InChI=1S/C15H23N3O5S/c1-17-6-8-18(9-7-17)15(19)11-16-24(20,21)12-4-5-13(22-2)14(10-12)23-3/h4-5,10,16H,6-9,11H2,1-3H3. The van der Waals surface area contributed by atoms with Crippen molar-refractivity contribution in [1.82, 2.24) is 14.5 Å². The molecule has 1 heterocycles. The molecular weight excluding hydrogens is 334 g/mol. The first-order valence-corrected chi connectivity index (χ1v) is 9.03. The van der Waals surface area contributed by atoms with Gasteiger partial charge in [-0.15, -0.1) is 0 Å². The fourth-order valence-corrected chi connectivity index (χ4v) is 3.38. The lowest BCUT2D eigenvalue weighted by Gasteiger charge is -2.32. The molecule has 0 aromatic heterocycles. The number of ether oxygens (including phenoxy) is 2. The van der Waals surface area contributed by atoms with Gasteiger partial charge in [0.1, 0.15) is 0 Å². The van der Waals surface area contributed by atoms with E-state index in [4.69, 9.17) is 9.47 Å². The number of hydrogen-bond acceptors (Lipinski definition) is 6. The van der Waals surface area contributed by atoms with E-state index in [1.807, 2.05) is 7.05 Å². The van der Waals surface area contributed by atoms with Crippen molar-refractivity contribution in [3.05, 3.63) is 18.2 Å². The third kappa shape index (κ3) is 4.37. The zero-order chi connectivity index (χ0) is 17.7. The van der Waals surface area contributed by atoms with Crippen LogP contribution < -0.4 is 14.2 Å². The van der Waals surface area contributed by atoms with Gasteiger partial charge in [-0.25, -0.2) is 13.1 Å². The van der Waals surface area contributed by atoms with Crippen molar-refractivity contribution in [2.24, 2.45) is 0 Å². The number of likely N-dealkylation sites (N-methyl/N-ethyl adjacent to an activating group) is 1. The fraction of sp³-hybridized carbons (Fsp3) is 0.533. The molecule has 1 N–H and O–H groups in total. The first-order chi connectivity index (χ1) is 11.4. The summed E-state index contributed by atoms with van der Waals surface area (Å²) in [5.41, 5.74) is 0. The van der Waals surface area contributed by atoms with Crippen LogP contribution in [0.1, 0.15) is 0 Å². The number of nitrogens with one attached hydrogen (secondary N) is 1. The molecule has 1 aromatic rings. The molecule has 1 aliphatic heterocycles. The highest BCUT2D eigenvalue weighted by molar-refractivity contribution is 7.89. The third-order valence-corrected chi connectivity index (χ3v) is 5.33. The average Bonchev–Trinajstić information content (AvgIpc) is 2.59. The molecule has 0 bridgehead atoms. The molecule has 1 fully saturated rings. The van der Waals surface area contributed by atoms with Crippen molar-refractivity contribution >= 4 is 15.9 Å². The molecule has 0 unspecified atom stereocenters. The molecule has 1 aliphatic rings. The van der Waals surface area contributed by atoms with Gasteiger partial charge in [0.15, 0.2) is 11.5 Å². The lowest BCUT2D eigenvalue weighted by molar-refractivity contribution is -0.131. The highest BCUT2D eigenvalue weighted by Gasteiger charge is 2.22. The fourth-order valence-electron chi connectivity index (χ4n) is 2.39. The summed E-state index contributed by atoms with van der Waals surface area (Å²) in [6, 6.07) is 4.28. The van der Waals surface area contributed by atoms with Gasteiger partial charge in [-0.05, 0) is 19.2 Å². The molecule has 2 rings (SSSR count). The molecule has 0 radical (unpaired) electrons. The second kappa shape index (κ2) is 7.82. The van der Waals surface area contributed by atoms with Gasteiger partial charge in [0.05, 0.1) is 25.7 Å². The Kier molecular flexibility index (Phi) is 6.03. The minimum atomic E-state index is -3.81. The van der Waals surface area contributed by atoms with Gasteiger partial charge >= 0.3 is 0 Å². The number of nitrogens with zero attached hydrogens (tertiary/aromatic N) is 2. The lowest BCUT2D eigenvalue weighted by Crippen LogP contribution is -2.50. The molecule has 0 aliphatic carbocycles. The topological polar surface area (TPSA) is 88.2 Å². The highest BCUT2D eigenvalue weighted by Crippen LogP contribution is 2.29. The quantitative estimate of drug-likeness (QED) is 0.756. The van der Waals surface area contributed by atoms with Crippen LogP contribution in [0.15, 0.2) is 23.1 Å². The van der Waals surface area contributed by atoms with E-state index >= 15 is 0 Å². The Morgan fingerprint density at radius 2 is 1.75 bits per heavy atom. The normalized spacial score (nSPS) is 16.0. The van der Waals surface area contributed by atoms with Crippen LogP contribution in [-0.4, -0.2) is 78.1 Å². The van der Waals surface area contributed by atoms with E-state index in [0.29, 0.717) is 24.6 Å². The van der Waals surface area contributed by atoms with E-state index in [1.54, 1.807) is 4.90 Å². The van der Waals surface area contributed by atoms with E-state index in [2.05, 4.69) is 9.62 Å². The summed E-state index contributed by atoms with van der Waals surface area (Å²) in [5, 5.41) is 0. The third-order valence-electron chi connectivity index (χ3n) is 3.93. The van der Waals surface area contributed by atoms with E-state index in [0.717, 1.165) is 13.1 Å². The Bertz CT molecular complexity index is 684. The second-order valence-electron chi connectivity index (χ2n) is 5.53. The van der Waals surface area contributed by atoms with Crippen molar-refractivity contribution in [1.29, 1.82) is 0 Å². The summed E-state index contributed by atoms with van der Waals surface area (Å²) in [6.07, 6.45) is 0. The first-order valence-electron chi connectivity index (χ1n) is 7.55. The van der Waals surface area contributed by atoms with Crippen LogP contribution in [0.25, 0.3) is 0 Å². The number of piperazine rings is 1. The van der Waals surface area contributed by atoms with Crippen LogP contribution in [-0.2, 0) is 14.8 Å². The van der Waals surface area contributed by atoms with Crippen molar-refractivity contribution in [2.75, 3.05) is 54.0 Å². The Hall–Kier alpha value is -1.84. The van der Waals surface area contributed by atoms with Gasteiger partial charge in [0.25, 0.3) is 0 Å². The van der Waals surface area contributed by atoms with Gasteiger partial charge in [0.2, 0.25) is 15.9 Å². The maximum atomic E-state index is 12.4. The van der Waals surface area contributed by atoms with Crippen LogP contribution in [0.4, 0.5) is 0 Å². The van der Waals surface area contributed by atoms with Crippen molar-refractivity contribution < 1.29 is 22.7 Å². The van der Waals surface area contributed by atoms with Gasteiger partial charge < -0.3 is 19.3 Å². The van der Waals surface area contributed by atoms with Gasteiger partial charge in [-0.3, -0.25) is 4.79 Å². The molecule has 0 saturated carbocycles. The summed E-state index contributed by atoms with van der Waals surface area (Å²) < 4.78 is 37.2. The van der Waals surface area contributed by atoms with Crippen LogP contribution in [0, 0.1) is 0 Å². The predicted octanol–water partition coefficient (Wildman–Crippen LogP) is -0.244. The summed E-state index contributed by atoms with van der Waals surface area (Å²) >= 11 is 0. The zero-order valence-electron chi connectivity index (χ0n) is 14.1. The zero-order valence-corrected chi connectivity index (χ0v) is 14.9. The van der Waals surface area contributed by atoms with E-state index in [-0.39, 0.29) is 17.3 Å². The minimum absolute atomic E-state index is 0.0197. The summed E-state index contributed by atoms with van der Waals surface area (Å²) in [5.74, 6) is 0.517. The SMILES string of the molecule is COc1ccc(S(=O)(=O)NCC(=O)N2CCN(C)CC2)cc1OC. The van der Waals surface area contributed by atoms with Gasteiger partial charge in [0, 0.05) is 32.2 Å². The molecule has 24 heavy (non-hydrogen) atoms. The maximum Gasteiger partial charge on any atom is 0.241 e. The number of amides is 1. The van der Waals surface area contributed by atoms with Crippen molar-refractivity contribution in [3.63, 3.8) is 0 Å². The molecule has 9 heteroatoms. The number of methoxy groups -OCH3 is 2. The Labute approximate surface area is 142 Å². The first kappa shape index (κ1) is 18.5. The predicted molar refractivity (Wildman–Crippen MR) is 88.8 cm³/mol. The number of rotatable bonds is 6.